The summed E-state index contributed by atoms with van der Waals surface area (Å²) in [7, 11) is 0. The highest BCUT2D eigenvalue weighted by molar-refractivity contribution is 5.85. The van der Waals surface area contributed by atoms with E-state index in [4.69, 9.17) is 11.5 Å². The van der Waals surface area contributed by atoms with Gasteiger partial charge in [0.15, 0.2) is 5.78 Å². The number of carbonyl (C=O) groups is 1. The number of nitrogens with two attached hydrogens (primary N) is 2. The van der Waals surface area contributed by atoms with E-state index in [1.807, 2.05) is 37.3 Å². The van der Waals surface area contributed by atoms with Crippen molar-refractivity contribution in [3.63, 3.8) is 0 Å². The van der Waals surface area contributed by atoms with Gasteiger partial charge in [0, 0.05) is 12.5 Å². The van der Waals surface area contributed by atoms with Crippen LogP contribution in [0.2, 0.25) is 0 Å². The first-order chi connectivity index (χ1) is 7.52. The fourth-order valence-corrected chi connectivity index (χ4v) is 1.63. The van der Waals surface area contributed by atoms with Crippen LogP contribution in [0.25, 0.3) is 0 Å². The van der Waals surface area contributed by atoms with Crippen LogP contribution < -0.4 is 11.5 Å². The van der Waals surface area contributed by atoms with Crippen molar-refractivity contribution in [3.8, 4) is 0 Å². The quantitative estimate of drug-likeness (QED) is 0.788. The second-order valence-electron chi connectivity index (χ2n) is 4.37. The molecule has 4 N–H and O–H groups in total. The summed E-state index contributed by atoms with van der Waals surface area (Å²) in [6.07, 6.45) is 0.451. The third-order valence-corrected chi connectivity index (χ3v) is 2.81. The summed E-state index contributed by atoms with van der Waals surface area (Å²) in [5.41, 5.74) is 12.5. The molecule has 1 rings (SSSR count). The van der Waals surface area contributed by atoms with Gasteiger partial charge < -0.3 is 11.5 Å². The van der Waals surface area contributed by atoms with Crippen molar-refractivity contribution in [2.75, 3.05) is 0 Å². The van der Waals surface area contributed by atoms with E-state index >= 15 is 0 Å². The molecule has 0 heterocycles. The Kier molecular flexibility index (Phi) is 4.65. The van der Waals surface area contributed by atoms with E-state index in [-0.39, 0.29) is 17.7 Å². The molecule has 1 aromatic carbocycles. The number of benzene rings is 1. The molecule has 0 fully saturated rings. The van der Waals surface area contributed by atoms with E-state index in [2.05, 4.69) is 0 Å². The summed E-state index contributed by atoms with van der Waals surface area (Å²) < 4.78 is 0. The molecule has 0 saturated carbocycles. The number of ketones is 1. The van der Waals surface area contributed by atoms with Gasteiger partial charge in [-0.3, -0.25) is 4.79 Å². The summed E-state index contributed by atoms with van der Waals surface area (Å²) in [6, 6.07) is 9.13. The molecular weight excluding hydrogens is 200 g/mol. The summed E-state index contributed by atoms with van der Waals surface area (Å²) in [5.74, 6) is 0.227. The number of rotatable bonds is 5. The van der Waals surface area contributed by atoms with Crippen LogP contribution in [0.3, 0.4) is 0 Å². The van der Waals surface area contributed by atoms with E-state index in [0.29, 0.717) is 6.42 Å². The van der Waals surface area contributed by atoms with Crippen LogP contribution in [-0.4, -0.2) is 17.9 Å². The van der Waals surface area contributed by atoms with Gasteiger partial charge in [-0.05, 0) is 18.4 Å². The van der Waals surface area contributed by atoms with Crippen molar-refractivity contribution in [3.05, 3.63) is 35.9 Å². The molecule has 16 heavy (non-hydrogen) atoms. The van der Waals surface area contributed by atoms with Gasteiger partial charge >= 0.3 is 0 Å². The third kappa shape index (κ3) is 3.43. The van der Waals surface area contributed by atoms with Crippen LogP contribution in [0.1, 0.15) is 31.7 Å². The lowest BCUT2D eigenvalue weighted by atomic mass is 9.92. The molecule has 1 aromatic rings. The average Bonchev–Trinajstić information content (AvgIpc) is 2.28. The summed E-state index contributed by atoms with van der Waals surface area (Å²) in [4.78, 5) is 11.8. The zero-order valence-corrected chi connectivity index (χ0v) is 9.89. The predicted molar refractivity (Wildman–Crippen MR) is 66.1 cm³/mol. The van der Waals surface area contributed by atoms with E-state index in [1.165, 1.54) is 0 Å². The monoisotopic (exact) mass is 220 g/mol. The summed E-state index contributed by atoms with van der Waals surface area (Å²) >= 11 is 0. The smallest absolute Gasteiger partial charge is 0.151 e. The van der Waals surface area contributed by atoms with Crippen LogP contribution in [-0.2, 0) is 4.79 Å². The molecule has 0 bridgehead atoms. The van der Waals surface area contributed by atoms with E-state index in [9.17, 15) is 4.79 Å². The molecule has 0 aliphatic rings. The Morgan fingerprint density at radius 2 is 1.75 bits per heavy atom. The van der Waals surface area contributed by atoms with Crippen molar-refractivity contribution < 1.29 is 4.79 Å². The van der Waals surface area contributed by atoms with Gasteiger partial charge in [-0.1, -0.05) is 37.3 Å². The average molecular weight is 220 g/mol. The Bertz CT molecular complexity index is 335. The van der Waals surface area contributed by atoms with Gasteiger partial charge in [-0.25, -0.2) is 0 Å². The second kappa shape index (κ2) is 5.77. The first-order valence-corrected chi connectivity index (χ1v) is 5.61. The fraction of sp³-hybridized carbons (Fsp3) is 0.462. The molecule has 0 aliphatic heterocycles. The maximum atomic E-state index is 11.8. The van der Waals surface area contributed by atoms with Gasteiger partial charge in [-0.2, -0.15) is 0 Å². The Morgan fingerprint density at radius 3 is 2.25 bits per heavy atom. The predicted octanol–water partition coefficient (Wildman–Crippen LogP) is 1.42. The number of hydrogen-bond acceptors (Lipinski definition) is 3. The zero-order chi connectivity index (χ0) is 12.1. The normalized spacial score (nSPS) is 16.5. The Morgan fingerprint density at radius 1 is 1.19 bits per heavy atom. The molecule has 0 radical (unpaired) electrons. The fourth-order valence-electron chi connectivity index (χ4n) is 1.63. The largest absolute Gasteiger partial charge is 0.326 e. The Balaban J connectivity index is 2.58. The van der Waals surface area contributed by atoms with Gasteiger partial charge in [0.25, 0.3) is 0 Å². The van der Waals surface area contributed by atoms with E-state index < -0.39 is 6.04 Å². The van der Waals surface area contributed by atoms with Crippen LogP contribution in [0.4, 0.5) is 0 Å². The number of hydrogen-bond donors (Lipinski definition) is 2. The van der Waals surface area contributed by atoms with Crippen LogP contribution in [0.5, 0.6) is 0 Å². The molecule has 0 saturated heterocycles. The molecule has 3 nitrogen and oxygen atoms in total. The molecule has 3 atom stereocenters. The van der Waals surface area contributed by atoms with Gasteiger partial charge in [0.05, 0.1) is 6.04 Å². The lowest BCUT2D eigenvalue weighted by Gasteiger charge is -2.17. The first-order valence-electron chi connectivity index (χ1n) is 5.61. The SMILES string of the molecule is CC(CC(=O)C(N)C(C)N)c1ccccc1. The molecule has 0 aromatic heterocycles. The maximum Gasteiger partial charge on any atom is 0.151 e. The zero-order valence-electron chi connectivity index (χ0n) is 9.89. The minimum Gasteiger partial charge on any atom is -0.326 e. The Hall–Kier alpha value is -1.19. The maximum absolute atomic E-state index is 11.8. The minimum atomic E-state index is -0.550. The standard InChI is InChI=1S/C13H20N2O/c1-9(11-6-4-3-5-7-11)8-12(16)13(15)10(2)14/h3-7,9-10,13H,8,14-15H2,1-2H3. The van der Waals surface area contributed by atoms with E-state index in [0.717, 1.165) is 5.56 Å². The van der Waals surface area contributed by atoms with Crippen molar-refractivity contribution >= 4 is 5.78 Å². The van der Waals surface area contributed by atoms with Crippen molar-refractivity contribution in [2.45, 2.75) is 38.3 Å². The number of Topliss-reactive ketones (excluding diaryl/α,β-unsaturated/α-hetero) is 1. The highest BCUT2D eigenvalue weighted by atomic mass is 16.1. The minimum absolute atomic E-state index is 0.0337. The molecular formula is C13H20N2O. The molecule has 88 valence electrons. The Labute approximate surface area is 96.8 Å². The lowest BCUT2D eigenvalue weighted by molar-refractivity contribution is -0.120. The van der Waals surface area contributed by atoms with Crippen LogP contribution in [0, 0.1) is 0 Å². The van der Waals surface area contributed by atoms with Gasteiger partial charge in [0.2, 0.25) is 0 Å². The van der Waals surface area contributed by atoms with Crippen LogP contribution in [0.15, 0.2) is 30.3 Å². The molecule has 3 unspecified atom stereocenters. The van der Waals surface area contributed by atoms with Gasteiger partial charge in [-0.15, -0.1) is 0 Å². The highest BCUT2D eigenvalue weighted by Gasteiger charge is 2.20. The van der Waals surface area contributed by atoms with Crippen LogP contribution >= 0.6 is 0 Å². The van der Waals surface area contributed by atoms with Crippen molar-refractivity contribution in [2.24, 2.45) is 11.5 Å². The van der Waals surface area contributed by atoms with Crippen molar-refractivity contribution in [1.82, 2.24) is 0 Å². The molecule has 0 aliphatic carbocycles. The highest BCUT2D eigenvalue weighted by Crippen LogP contribution is 2.19. The first kappa shape index (κ1) is 12.9. The van der Waals surface area contributed by atoms with E-state index in [1.54, 1.807) is 6.92 Å². The van der Waals surface area contributed by atoms with Crippen molar-refractivity contribution in [1.29, 1.82) is 0 Å². The van der Waals surface area contributed by atoms with Gasteiger partial charge in [0.1, 0.15) is 0 Å². The second-order valence-corrected chi connectivity index (χ2v) is 4.37. The molecule has 0 amide bonds. The lowest BCUT2D eigenvalue weighted by Crippen LogP contribution is -2.45. The summed E-state index contributed by atoms with van der Waals surface area (Å²) in [6.45, 7) is 3.79. The molecule has 3 heteroatoms. The number of carbonyl (C=O) groups excluding carboxylic acids is 1. The molecule has 0 spiro atoms. The third-order valence-electron chi connectivity index (χ3n) is 2.81. The topological polar surface area (TPSA) is 69.1 Å². The summed E-state index contributed by atoms with van der Waals surface area (Å²) in [5, 5.41) is 0.